The molecule has 1 N–H and O–H groups in total. The summed E-state index contributed by atoms with van der Waals surface area (Å²) >= 11 is 7.00. The number of benzene rings is 1. The van der Waals surface area contributed by atoms with Crippen LogP contribution in [0.15, 0.2) is 33.9 Å². The number of nitrogens with zero attached hydrogens (tertiary/aromatic N) is 2. The molecule has 0 spiro atoms. The molecule has 0 radical (unpaired) electrons. The summed E-state index contributed by atoms with van der Waals surface area (Å²) in [6.45, 7) is 4.90. The lowest BCUT2D eigenvalue weighted by atomic mass is 10.2. The van der Waals surface area contributed by atoms with Crippen LogP contribution in [0.3, 0.4) is 0 Å². The van der Waals surface area contributed by atoms with Gasteiger partial charge in [0.25, 0.3) is 11.1 Å². The maximum absolute atomic E-state index is 11.6. The third kappa shape index (κ3) is 6.50. The molecule has 0 fully saturated rings. The molecule has 1 heterocycles. The number of halogens is 1. The summed E-state index contributed by atoms with van der Waals surface area (Å²) < 4.78 is 10.9. The Bertz CT molecular complexity index is 631. The van der Waals surface area contributed by atoms with Crippen LogP contribution in [0, 0.1) is 5.92 Å². The van der Waals surface area contributed by atoms with Crippen molar-refractivity contribution in [1.82, 2.24) is 15.5 Å². The normalized spacial score (nSPS) is 10.8. The van der Waals surface area contributed by atoms with Gasteiger partial charge in [-0.15, -0.1) is 10.2 Å². The van der Waals surface area contributed by atoms with Crippen LogP contribution in [0.1, 0.15) is 19.7 Å². The summed E-state index contributed by atoms with van der Waals surface area (Å²) in [6.07, 6.45) is 0. The van der Waals surface area contributed by atoms with Gasteiger partial charge in [0.05, 0.1) is 5.75 Å². The molecule has 0 bridgehead atoms. The van der Waals surface area contributed by atoms with Gasteiger partial charge in [-0.25, -0.2) is 0 Å². The van der Waals surface area contributed by atoms with Crippen LogP contribution in [0.4, 0.5) is 0 Å². The van der Waals surface area contributed by atoms with Crippen LogP contribution in [0.2, 0.25) is 5.02 Å². The van der Waals surface area contributed by atoms with Crippen LogP contribution in [0.5, 0.6) is 5.75 Å². The van der Waals surface area contributed by atoms with Crippen molar-refractivity contribution in [3.8, 4) is 5.75 Å². The second kappa shape index (κ2) is 8.79. The lowest BCUT2D eigenvalue weighted by molar-refractivity contribution is -0.118. The molecule has 2 aromatic rings. The predicted molar refractivity (Wildman–Crippen MR) is 88.7 cm³/mol. The average molecular weight is 356 g/mol. The molecule has 1 aromatic heterocycles. The van der Waals surface area contributed by atoms with E-state index in [0.29, 0.717) is 34.3 Å². The molecule has 0 aliphatic carbocycles. The Morgan fingerprint density at radius 1 is 1.35 bits per heavy atom. The van der Waals surface area contributed by atoms with E-state index in [4.69, 9.17) is 20.8 Å². The third-order valence-corrected chi connectivity index (χ3v) is 3.73. The minimum absolute atomic E-state index is 0.0548. The molecule has 0 aliphatic rings. The van der Waals surface area contributed by atoms with Crippen LogP contribution < -0.4 is 10.1 Å². The fourth-order valence-electron chi connectivity index (χ4n) is 1.53. The maximum atomic E-state index is 11.6. The number of carbonyl (C=O) groups is 1. The molecule has 0 atom stereocenters. The van der Waals surface area contributed by atoms with Crippen molar-refractivity contribution in [3.63, 3.8) is 0 Å². The van der Waals surface area contributed by atoms with E-state index in [9.17, 15) is 4.79 Å². The summed E-state index contributed by atoms with van der Waals surface area (Å²) in [7, 11) is 0. The van der Waals surface area contributed by atoms with Crippen molar-refractivity contribution < 1.29 is 13.9 Å². The fourth-order valence-corrected chi connectivity index (χ4v) is 2.26. The van der Waals surface area contributed by atoms with Gasteiger partial charge in [-0.1, -0.05) is 37.2 Å². The number of carbonyl (C=O) groups excluding carboxylic acids is 1. The topological polar surface area (TPSA) is 77.2 Å². The molecule has 124 valence electrons. The molecular weight excluding hydrogens is 338 g/mol. The van der Waals surface area contributed by atoms with Crippen molar-refractivity contribution in [2.45, 2.75) is 25.7 Å². The number of rotatable bonds is 8. The number of hydrogen-bond donors (Lipinski definition) is 1. The molecular formula is C15H18ClN3O3S. The quantitative estimate of drug-likeness (QED) is 0.733. The molecule has 2 rings (SSSR count). The third-order valence-electron chi connectivity index (χ3n) is 2.66. The molecule has 0 unspecified atom stereocenters. The predicted octanol–water partition coefficient (Wildman–Crippen LogP) is 3.17. The largest absolute Gasteiger partial charge is 0.484 e. The number of hydrogen-bond acceptors (Lipinski definition) is 6. The van der Waals surface area contributed by atoms with Gasteiger partial charge in [-0.2, -0.15) is 0 Å². The van der Waals surface area contributed by atoms with Crippen LogP contribution >= 0.6 is 23.4 Å². The average Bonchev–Trinajstić information content (AvgIpc) is 2.98. The first-order valence-corrected chi connectivity index (χ1v) is 8.49. The summed E-state index contributed by atoms with van der Waals surface area (Å²) in [5.74, 6) is 1.62. The van der Waals surface area contributed by atoms with Gasteiger partial charge in [0, 0.05) is 11.6 Å². The van der Waals surface area contributed by atoms with Crippen LogP contribution in [0.25, 0.3) is 0 Å². The Hall–Kier alpha value is -1.73. The van der Waals surface area contributed by atoms with E-state index in [0.717, 1.165) is 0 Å². The molecule has 1 amide bonds. The zero-order chi connectivity index (χ0) is 16.7. The highest BCUT2D eigenvalue weighted by Crippen LogP contribution is 2.19. The first-order valence-electron chi connectivity index (χ1n) is 7.13. The van der Waals surface area contributed by atoms with Crippen molar-refractivity contribution in [2.75, 3.05) is 12.3 Å². The Labute approximate surface area is 143 Å². The van der Waals surface area contributed by atoms with Crippen molar-refractivity contribution in [1.29, 1.82) is 0 Å². The highest BCUT2D eigenvalue weighted by Gasteiger charge is 2.10. The molecule has 0 saturated heterocycles. The second-order valence-corrected chi connectivity index (χ2v) is 6.55. The van der Waals surface area contributed by atoms with Crippen molar-refractivity contribution in [3.05, 3.63) is 35.2 Å². The van der Waals surface area contributed by atoms with Gasteiger partial charge < -0.3 is 14.5 Å². The minimum Gasteiger partial charge on any atom is -0.484 e. The van der Waals surface area contributed by atoms with E-state index in [1.165, 1.54) is 11.8 Å². The number of thioether (sulfide) groups is 1. The summed E-state index contributed by atoms with van der Waals surface area (Å²) in [5, 5.41) is 11.6. The number of nitrogens with one attached hydrogen (secondary N) is 1. The zero-order valence-electron chi connectivity index (χ0n) is 12.9. The zero-order valence-corrected chi connectivity index (χ0v) is 14.5. The smallest absolute Gasteiger partial charge is 0.277 e. The van der Waals surface area contributed by atoms with E-state index < -0.39 is 0 Å². The van der Waals surface area contributed by atoms with Gasteiger partial charge in [0.1, 0.15) is 5.75 Å². The van der Waals surface area contributed by atoms with Crippen LogP contribution in [-0.4, -0.2) is 28.4 Å². The number of amides is 1. The monoisotopic (exact) mass is 355 g/mol. The maximum Gasteiger partial charge on any atom is 0.277 e. The Morgan fingerprint density at radius 2 is 2.09 bits per heavy atom. The lowest BCUT2D eigenvalue weighted by Crippen LogP contribution is -2.28. The van der Waals surface area contributed by atoms with Crippen molar-refractivity contribution >= 4 is 29.3 Å². The summed E-state index contributed by atoms with van der Waals surface area (Å²) in [4.78, 5) is 11.6. The van der Waals surface area contributed by atoms with Gasteiger partial charge in [-0.3, -0.25) is 4.79 Å². The van der Waals surface area contributed by atoms with E-state index in [2.05, 4.69) is 15.5 Å². The first-order chi connectivity index (χ1) is 11.0. The molecule has 8 heteroatoms. The lowest BCUT2D eigenvalue weighted by Gasteiger charge is -2.05. The highest BCUT2D eigenvalue weighted by atomic mass is 35.5. The SMILES string of the molecule is CC(C)CNC(=O)CSc1nnc(COc2ccc(Cl)cc2)o1. The molecule has 23 heavy (non-hydrogen) atoms. The number of ether oxygens (including phenoxy) is 1. The summed E-state index contributed by atoms with van der Waals surface area (Å²) in [6, 6.07) is 6.99. The number of aromatic nitrogens is 2. The standard InChI is InChI=1S/C15H18ClN3O3S/c1-10(2)7-17-13(20)9-23-15-19-18-14(22-15)8-21-12-5-3-11(16)4-6-12/h3-6,10H,7-9H2,1-2H3,(H,17,20). The van der Waals surface area contributed by atoms with Gasteiger partial charge in [-0.05, 0) is 30.2 Å². The van der Waals surface area contributed by atoms with Crippen molar-refractivity contribution in [2.24, 2.45) is 5.92 Å². The Morgan fingerprint density at radius 3 is 2.78 bits per heavy atom. The van der Waals surface area contributed by atoms with E-state index in [1.54, 1.807) is 24.3 Å². The second-order valence-electron chi connectivity index (χ2n) is 5.19. The molecule has 1 aromatic carbocycles. The van der Waals surface area contributed by atoms with Gasteiger partial charge in [0.15, 0.2) is 6.61 Å². The summed E-state index contributed by atoms with van der Waals surface area (Å²) in [5.41, 5.74) is 0. The van der Waals surface area contributed by atoms with Gasteiger partial charge in [0.2, 0.25) is 5.91 Å². The fraction of sp³-hybridized carbons (Fsp3) is 0.400. The van der Waals surface area contributed by atoms with E-state index in [1.807, 2.05) is 13.8 Å². The van der Waals surface area contributed by atoms with E-state index in [-0.39, 0.29) is 18.3 Å². The first kappa shape index (κ1) is 17.6. The Kier molecular flexibility index (Phi) is 6.73. The van der Waals surface area contributed by atoms with E-state index >= 15 is 0 Å². The van der Waals surface area contributed by atoms with Crippen LogP contribution in [-0.2, 0) is 11.4 Å². The Balaban J connectivity index is 1.74. The van der Waals surface area contributed by atoms with Gasteiger partial charge >= 0.3 is 0 Å². The molecule has 6 nitrogen and oxygen atoms in total. The minimum atomic E-state index is -0.0548. The molecule has 0 aliphatic heterocycles. The molecule has 0 saturated carbocycles. The highest BCUT2D eigenvalue weighted by molar-refractivity contribution is 7.99.